The number of benzene rings is 4. The summed E-state index contributed by atoms with van der Waals surface area (Å²) in [6.45, 7) is -0.463. The first kappa shape index (κ1) is 38.0. The first-order valence-corrected chi connectivity index (χ1v) is 16.9. The van der Waals surface area contributed by atoms with E-state index >= 15 is 0 Å². The Morgan fingerprint density at radius 3 is 2.06 bits per heavy atom. The first-order chi connectivity index (χ1) is 25.6. The van der Waals surface area contributed by atoms with Crippen molar-refractivity contribution in [2.45, 2.75) is 56.8 Å². The third kappa shape index (κ3) is 11.6. The molecule has 0 aliphatic carbocycles. The van der Waals surface area contributed by atoms with Gasteiger partial charge in [0.25, 0.3) is 0 Å². The number of nitrogens with one attached hydrogen (secondary N) is 4. The largest absolute Gasteiger partial charge is 0.445 e. The Hall–Kier alpha value is -6.25. The van der Waals surface area contributed by atoms with Crippen LogP contribution in [0.1, 0.15) is 41.2 Å². The third-order valence-corrected chi connectivity index (χ3v) is 8.30. The van der Waals surface area contributed by atoms with E-state index in [1.807, 2.05) is 35.8 Å². The molecule has 4 aromatic carbocycles. The van der Waals surface area contributed by atoms with Crippen LogP contribution in [-0.2, 0) is 48.3 Å². The summed E-state index contributed by atoms with van der Waals surface area (Å²) >= 11 is 0. The van der Waals surface area contributed by atoms with Crippen molar-refractivity contribution in [1.82, 2.24) is 21.4 Å². The van der Waals surface area contributed by atoms with Gasteiger partial charge < -0.3 is 40.5 Å². The van der Waals surface area contributed by atoms with E-state index in [1.165, 1.54) is 0 Å². The number of hydroxylamine groups is 1. The predicted molar refractivity (Wildman–Crippen MR) is 190 cm³/mol. The van der Waals surface area contributed by atoms with Gasteiger partial charge in [0.15, 0.2) is 6.04 Å². The second kappa shape index (κ2) is 18.8. The lowest BCUT2D eigenvalue weighted by Gasteiger charge is -2.27. The number of aliphatic hydroxyl groups excluding tert-OH is 2. The highest BCUT2D eigenvalue weighted by Gasteiger charge is 2.35. The van der Waals surface area contributed by atoms with Gasteiger partial charge in [0, 0.05) is 19.4 Å². The number of alkyl carbamates (subject to hydrolysis) is 1. The van der Waals surface area contributed by atoms with Gasteiger partial charge in [-0.05, 0) is 45.9 Å². The van der Waals surface area contributed by atoms with Crippen molar-refractivity contribution < 1.29 is 48.5 Å². The van der Waals surface area contributed by atoms with Crippen LogP contribution in [-0.4, -0.2) is 64.9 Å². The van der Waals surface area contributed by atoms with Gasteiger partial charge in [-0.15, -0.1) is 5.48 Å². The highest BCUT2D eigenvalue weighted by Crippen LogP contribution is 2.27. The summed E-state index contributed by atoms with van der Waals surface area (Å²) in [6.07, 6.45) is -5.07. The van der Waals surface area contributed by atoms with Crippen LogP contribution in [0.5, 0.6) is 0 Å². The monoisotopic (exact) mass is 724 g/mol. The van der Waals surface area contributed by atoms with Crippen LogP contribution in [0.3, 0.4) is 0 Å². The summed E-state index contributed by atoms with van der Waals surface area (Å²) in [5.41, 5.74) is 5.86. The molecule has 0 aromatic heterocycles. The van der Waals surface area contributed by atoms with Crippen LogP contribution in [0, 0.1) is 0 Å². The molecule has 276 valence electrons. The zero-order valence-corrected chi connectivity index (χ0v) is 28.6. The van der Waals surface area contributed by atoms with Crippen LogP contribution in [0.4, 0.5) is 9.59 Å². The Labute approximate surface area is 305 Å². The van der Waals surface area contributed by atoms with Gasteiger partial charge in [-0.1, -0.05) is 103 Å². The minimum Gasteiger partial charge on any atom is -0.445 e. The van der Waals surface area contributed by atoms with Gasteiger partial charge in [0.05, 0.1) is 6.10 Å². The molecule has 1 heterocycles. The molecule has 4 atom stereocenters. The molecule has 5 rings (SSSR count). The average Bonchev–Trinajstić information content (AvgIpc) is 3.19. The average molecular weight is 725 g/mol. The maximum Gasteiger partial charge on any atom is 0.441 e. The topological polar surface area (TPSA) is 202 Å². The maximum absolute atomic E-state index is 13.8. The SMILES string of the molecule is O=C1CCc2cccc(c2)-c2cccc(c2)C(O)C(C(=O)ONC(=O)OCc2ccccc2)NC(=O)C(C[C@@H](O)CNC(=O)OCc2ccccc2)N1. The first-order valence-electron chi connectivity index (χ1n) is 16.9. The Bertz CT molecular complexity index is 1870. The van der Waals surface area contributed by atoms with E-state index in [1.54, 1.807) is 78.9 Å². The van der Waals surface area contributed by atoms with Gasteiger partial charge in [0.2, 0.25) is 11.8 Å². The van der Waals surface area contributed by atoms with Gasteiger partial charge in [-0.2, -0.15) is 0 Å². The van der Waals surface area contributed by atoms with Gasteiger partial charge >= 0.3 is 18.2 Å². The number of rotatable bonds is 9. The van der Waals surface area contributed by atoms with Crippen LogP contribution in [0.25, 0.3) is 11.1 Å². The van der Waals surface area contributed by atoms with E-state index in [0.717, 1.165) is 16.7 Å². The molecule has 0 radical (unpaired) electrons. The fraction of sp³-hybridized carbons (Fsp3) is 0.256. The molecule has 14 heteroatoms. The van der Waals surface area contributed by atoms with Crippen molar-refractivity contribution in [3.8, 4) is 11.1 Å². The summed E-state index contributed by atoms with van der Waals surface area (Å²) in [7, 11) is 0. The van der Waals surface area contributed by atoms with Gasteiger partial charge in [-0.3, -0.25) is 9.59 Å². The van der Waals surface area contributed by atoms with Crippen LogP contribution >= 0.6 is 0 Å². The molecule has 1 aliphatic heterocycles. The number of carbonyl (C=O) groups excluding carboxylic acids is 5. The highest BCUT2D eigenvalue weighted by molar-refractivity contribution is 5.91. The molecule has 4 amide bonds. The van der Waals surface area contributed by atoms with E-state index in [2.05, 4.69) is 16.0 Å². The zero-order chi connectivity index (χ0) is 37.6. The fourth-order valence-corrected chi connectivity index (χ4v) is 5.52. The molecular weight excluding hydrogens is 684 g/mol. The van der Waals surface area contributed by atoms with Crippen molar-refractivity contribution in [2.24, 2.45) is 0 Å². The van der Waals surface area contributed by atoms with Crippen LogP contribution < -0.4 is 21.4 Å². The van der Waals surface area contributed by atoms with Crippen LogP contribution in [0.2, 0.25) is 0 Å². The molecule has 0 saturated carbocycles. The standard InChI is InChI=1S/C39H40N4O10/c44-31(22-40-38(49)51-23-26-9-3-1-4-10-26)21-32-36(47)42-34(37(48)53-43-39(50)52-24-27-11-5-2-6-12-27)35(46)30-16-8-15-29(20-30)28-14-7-13-25(19-28)17-18-33(45)41-32/h1-16,19-20,31-32,34-35,44,46H,17-18,21-24H2,(H,40,49)(H,41,45)(H,42,47)(H,43,50)/t31-,32?,34?,35?/m1/s1. The molecule has 14 nitrogen and oxygen atoms in total. The Morgan fingerprint density at radius 2 is 1.38 bits per heavy atom. The van der Waals surface area contributed by atoms with Crippen molar-refractivity contribution in [1.29, 1.82) is 0 Å². The lowest BCUT2D eigenvalue weighted by atomic mass is 9.95. The summed E-state index contributed by atoms with van der Waals surface area (Å²) in [5, 5.41) is 29.8. The molecule has 0 fully saturated rings. The fourth-order valence-electron chi connectivity index (χ4n) is 5.52. The molecule has 4 bridgehead atoms. The lowest BCUT2D eigenvalue weighted by molar-refractivity contribution is -0.157. The number of hydrogen-bond donors (Lipinski definition) is 6. The quantitative estimate of drug-likeness (QED) is 0.110. The predicted octanol–water partition coefficient (Wildman–Crippen LogP) is 3.36. The second-order valence-electron chi connectivity index (χ2n) is 12.3. The molecule has 0 saturated heterocycles. The van der Waals surface area contributed by atoms with Crippen LogP contribution in [0.15, 0.2) is 109 Å². The third-order valence-electron chi connectivity index (χ3n) is 8.30. The van der Waals surface area contributed by atoms with E-state index in [9.17, 15) is 34.2 Å². The van der Waals surface area contributed by atoms with Crippen molar-refractivity contribution in [3.05, 3.63) is 131 Å². The summed E-state index contributed by atoms with van der Waals surface area (Å²) < 4.78 is 10.2. The Kier molecular flexibility index (Phi) is 13.5. The molecule has 0 spiro atoms. The van der Waals surface area contributed by atoms with Crippen molar-refractivity contribution in [2.75, 3.05) is 6.54 Å². The lowest BCUT2D eigenvalue weighted by Crippen LogP contribution is -2.55. The Balaban J connectivity index is 1.32. The molecule has 1 aliphatic rings. The summed E-state index contributed by atoms with van der Waals surface area (Å²) in [4.78, 5) is 70.0. The second-order valence-corrected chi connectivity index (χ2v) is 12.3. The van der Waals surface area contributed by atoms with Gasteiger partial charge in [-0.25, -0.2) is 14.4 Å². The number of ether oxygens (including phenoxy) is 2. The zero-order valence-electron chi connectivity index (χ0n) is 28.6. The van der Waals surface area contributed by atoms with E-state index in [4.69, 9.17) is 14.3 Å². The van der Waals surface area contributed by atoms with E-state index < -0.39 is 60.7 Å². The number of aliphatic hydroxyl groups is 2. The Morgan fingerprint density at radius 1 is 0.755 bits per heavy atom. The number of fused-ring (bicyclic) bond motifs is 5. The minimum atomic E-state index is -1.81. The number of carbonyl (C=O) groups is 5. The van der Waals surface area contributed by atoms with E-state index in [0.29, 0.717) is 17.5 Å². The van der Waals surface area contributed by atoms with E-state index in [-0.39, 0.29) is 31.7 Å². The number of amides is 4. The summed E-state index contributed by atoms with van der Waals surface area (Å²) in [5.74, 6) is -2.74. The minimum absolute atomic E-state index is 0.00487. The highest BCUT2D eigenvalue weighted by atomic mass is 16.7. The maximum atomic E-state index is 13.8. The summed E-state index contributed by atoms with van der Waals surface area (Å²) in [6, 6.07) is 28.6. The normalized spacial score (nSPS) is 17.7. The molecule has 3 unspecified atom stereocenters. The van der Waals surface area contributed by atoms with Gasteiger partial charge in [0.1, 0.15) is 25.4 Å². The molecule has 53 heavy (non-hydrogen) atoms. The molecule has 4 aromatic rings. The number of hydrogen-bond acceptors (Lipinski definition) is 10. The number of aryl methyl sites for hydroxylation is 1. The molecule has 6 N–H and O–H groups in total. The smallest absolute Gasteiger partial charge is 0.441 e. The molecular formula is C39H40N4O10. The van der Waals surface area contributed by atoms with Crippen molar-refractivity contribution in [3.63, 3.8) is 0 Å². The van der Waals surface area contributed by atoms with Crippen molar-refractivity contribution >= 4 is 30.0 Å².